The summed E-state index contributed by atoms with van der Waals surface area (Å²) in [6.45, 7) is 0. The first-order chi connectivity index (χ1) is 4.04. The zero-order chi connectivity index (χ0) is 7.44. The summed E-state index contributed by atoms with van der Waals surface area (Å²) in [6.07, 6.45) is -0.532. The van der Waals surface area contributed by atoms with Gasteiger partial charge in [-0.3, -0.25) is 9.59 Å². The summed E-state index contributed by atoms with van der Waals surface area (Å²) in [5.41, 5.74) is 4.84. The monoisotopic (exact) mass is 223 g/mol. The summed E-state index contributed by atoms with van der Waals surface area (Å²) in [5, 5.41) is 16.0. The zero-order valence-corrected chi connectivity index (χ0v) is 10.4. The molecule has 0 saturated heterocycles. The molecular weight excluding hydrogens is 216 g/mol. The molecule has 1 atom stereocenters. The minimum Gasteiger partial charge on any atom is -1.00 e. The Morgan fingerprint density at radius 2 is 1.82 bits per heavy atom. The first-order valence-corrected chi connectivity index (χ1v) is 2.24. The van der Waals surface area contributed by atoms with Crippen LogP contribution in [0.4, 0.5) is 0 Å². The molecule has 0 aliphatic heterocycles. The Balaban J connectivity index is -0.0000000533. The van der Waals surface area contributed by atoms with Gasteiger partial charge in [-0.25, -0.2) is 0 Å². The van der Waals surface area contributed by atoms with E-state index >= 15 is 0 Å². The van der Waals surface area contributed by atoms with Crippen LogP contribution >= 0.6 is 0 Å². The van der Waals surface area contributed by atoms with Gasteiger partial charge in [0.05, 0.1) is 6.42 Å². The number of hydrogen-bond donors (Lipinski definition) is 3. The van der Waals surface area contributed by atoms with E-state index < -0.39 is 24.4 Å². The second kappa shape index (κ2) is 8.39. The maximum Gasteiger partial charge on any atom is 2.00 e. The van der Waals surface area contributed by atoms with Crippen LogP contribution < -0.4 is 5.73 Å². The van der Waals surface area contributed by atoms with E-state index in [0.717, 1.165) is 0 Å². The van der Waals surface area contributed by atoms with Gasteiger partial charge in [0, 0.05) is 19.5 Å². The second-order valence-corrected chi connectivity index (χ2v) is 1.54. The van der Waals surface area contributed by atoms with Crippen molar-refractivity contribution in [3.63, 3.8) is 0 Å². The van der Waals surface area contributed by atoms with E-state index in [9.17, 15) is 9.59 Å². The van der Waals surface area contributed by atoms with Crippen molar-refractivity contribution in [2.75, 3.05) is 0 Å². The predicted octanol–water partition coefficient (Wildman–Crippen LogP) is -1.29. The van der Waals surface area contributed by atoms with Gasteiger partial charge < -0.3 is 18.8 Å². The fraction of sp³-hybridized carbons (Fsp3) is 0.500. The molecule has 0 bridgehead atoms. The molecule has 0 radical (unpaired) electrons. The molecule has 0 aromatic heterocycles. The summed E-state index contributed by atoms with van der Waals surface area (Å²) in [7, 11) is 0. The van der Waals surface area contributed by atoms with Crippen LogP contribution in [0.1, 0.15) is 9.27 Å². The third-order valence-electron chi connectivity index (χ3n) is 0.712. The summed E-state index contributed by atoms with van der Waals surface area (Å²) in [4.78, 5) is 19.6. The van der Waals surface area contributed by atoms with Crippen molar-refractivity contribution in [1.29, 1.82) is 0 Å². The molecule has 11 heavy (non-hydrogen) atoms. The van der Waals surface area contributed by atoms with Gasteiger partial charge in [-0.05, 0) is 0 Å². The maximum atomic E-state index is 9.85. The van der Waals surface area contributed by atoms with Crippen molar-refractivity contribution in [3.05, 3.63) is 0 Å². The fourth-order valence-electron chi connectivity index (χ4n) is 0.275. The Morgan fingerprint density at radius 3 is 1.91 bits per heavy atom. The van der Waals surface area contributed by atoms with Gasteiger partial charge in [0.25, 0.3) is 0 Å². The second-order valence-electron chi connectivity index (χ2n) is 1.54. The van der Waals surface area contributed by atoms with E-state index in [4.69, 9.17) is 15.9 Å². The molecule has 4 N–H and O–H groups in total. The van der Waals surface area contributed by atoms with E-state index in [2.05, 4.69) is 0 Å². The van der Waals surface area contributed by atoms with Crippen LogP contribution in [0.25, 0.3) is 0 Å². The molecule has 0 rings (SSSR count). The van der Waals surface area contributed by atoms with E-state index in [0.29, 0.717) is 0 Å². The van der Waals surface area contributed by atoms with Crippen LogP contribution in [0.3, 0.4) is 0 Å². The molecule has 0 aromatic carbocycles. The summed E-state index contributed by atoms with van der Waals surface area (Å²) in [5.74, 6) is -2.50. The van der Waals surface area contributed by atoms with Gasteiger partial charge in [-0.1, -0.05) is 0 Å². The first kappa shape index (κ1) is 17.4. The van der Waals surface area contributed by atoms with Crippen molar-refractivity contribution in [3.8, 4) is 0 Å². The van der Waals surface area contributed by atoms with Crippen LogP contribution in [-0.2, 0) is 29.1 Å². The largest absolute Gasteiger partial charge is 2.00 e. The van der Waals surface area contributed by atoms with Gasteiger partial charge in [0.15, 0.2) is 0 Å². The number of carboxylic acids is 2. The number of nitrogens with two attached hydrogens (primary N) is 1. The molecule has 0 amide bonds. The quantitative estimate of drug-likeness (QED) is 0.519. The van der Waals surface area contributed by atoms with Crippen molar-refractivity contribution in [2.24, 2.45) is 5.73 Å². The van der Waals surface area contributed by atoms with Crippen LogP contribution in [-0.4, -0.2) is 51.2 Å². The van der Waals surface area contributed by atoms with Crippen LogP contribution in [0.5, 0.6) is 0 Å². The Kier molecular flexibility index (Phi) is 13.3. The zero-order valence-electron chi connectivity index (χ0n) is 7.99. The third-order valence-corrected chi connectivity index (χ3v) is 0.712. The topological polar surface area (TPSA) is 101 Å². The van der Waals surface area contributed by atoms with Gasteiger partial charge in [-0.15, -0.1) is 0 Å². The molecular formula is C4H9MgNO4Zn. The number of carbonyl (C=O) groups is 2. The van der Waals surface area contributed by atoms with Crippen molar-refractivity contribution in [1.82, 2.24) is 0 Å². The molecule has 0 saturated carbocycles. The van der Waals surface area contributed by atoms with E-state index in [1.807, 2.05) is 0 Å². The number of aliphatic carboxylic acids is 2. The molecule has 5 nitrogen and oxygen atoms in total. The Hall–Kier alpha value is 0.290. The van der Waals surface area contributed by atoms with Crippen LogP contribution in [0.15, 0.2) is 0 Å². The summed E-state index contributed by atoms with van der Waals surface area (Å²) in [6, 6.07) is -1.29. The van der Waals surface area contributed by atoms with E-state index in [1.165, 1.54) is 0 Å². The van der Waals surface area contributed by atoms with E-state index in [1.54, 1.807) is 0 Å². The molecule has 58 valence electrons. The number of hydrogen-bond acceptors (Lipinski definition) is 3. The normalized spacial score (nSPS) is 10.3. The standard InChI is InChI=1S/C4H7NO4.Mg.Zn.2H/c5-2(4(8)9)1-3(6)7;;;;/h2H,1,5H2,(H,6,7)(H,8,9);;;;/q;+2;;2*-1/t2-;;;;/m0..../s1. The molecule has 0 fully saturated rings. The van der Waals surface area contributed by atoms with Gasteiger partial charge in [0.2, 0.25) is 0 Å². The molecule has 0 unspecified atom stereocenters. The van der Waals surface area contributed by atoms with Gasteiger partial charge in [-0.2, -0.15) is 0 Å². The average Bonchev–Trinajstić information content (AvgIpc) is 1.63. The first-order valence-electron chi connectivity index (χ1n) is 2.24. The molecule has 7 heteroatoms. The third kappa shape index (κ3) is 10.3. The summed E-state index contributed by atoms with van der Waals surface area (Å²) >= 11 is 0. The average molecular weight is 225 g/mol. The predicted molar refractivity (Wildman–Crippen MR) is 35.8 cm³/mol. The molecule has 0 aliphatic rings. The maximum absolute atomic E-state index is 9.85. The van der Waals surface area contributed by atoms with Crippen molar-refractivity contribution >= 4 is 35.0 Å². The number of carboxylic acid groups (broad SMARTS) is 2. The van der Waals surface area contributed by atoms with Gasteiger partial charge in [0.1, 0.15) is 6.04 Å². The van der Waals surface area contributed by atoms with Crippen molar-refractivity contribution in [2.45, 2.75) is 12.5 Å². The minimum absolute atomic E-state index is 0. The van der Waals surface area contributed by atoms with Crippen LogP contribution in [0.2, 0.25) is 0 Å². The molecule has 0 aromatic rings. The smallest absolute Gasteiger partial charge is 1.00 e. The molecule has 0 spiro atoms. The Morgan fingerprint density at radius 1 is 1.45 bits per heavy atom. The minimum atomic E-state index is -1.29. The fourth-order valence-corrected chi connectivity index (χ4v) is 0.275. The molecule has 0 heterocycles. The van der Waals surface area contributed by atoms with Crippen molar-refractivity contribution < 1.29 is 42.1 Å². The Bertz CT molecular complexity index is 150. The van der Waals surface area contributed by atoms with E-state index in [-0.39, 0.29) is 45.4 Å². The van der Waals surface area contributed by atoms with Gasteiger partial charge >= 0.3 is 35.0 Å². The number of rotatable bonds is 3. The molecule has 0 aliphatic carbocycles. The SMILES string of the molecule is N[C@@H](CC(=O)O)C(=O)O.[H-].[H-].[Mg+2].[Zn]. The Labute approximate surface area is 95.2 Å². The van der Waals surface area contributed by atoms with Crippen LogP contribution in [0, 0.1) is 0 Å². The summed E-state index contributed by atoms with van der Waals surface area (Å²) < 4.78 is 0.